The van der Waals surface area contributed by atoms with Gasteiger partial charge in [-0.3, -0.25) is 9.48 Å². The number of aromatic nitrogens is 2. The number of rotatable bonds is 2. The van der Waals surface area contributed by atoms with E-state index < -0.39 is 0 Å². The third-order valence-electron chi connectivity index (χ3n) is 2.58. The fourth-order valence-electron chi connectivity index (χ4n) is 1.77. The molecule has 0 unspecified atom stereocenters. The summed E-state index contributed by atoms with van der Waals surface area (Å²) in [6.07, 6.45) is 3.94. The molecule has 0 aromatic carbocycles. The van der Waals surface area contributed by atoms with Crippen LogP contribution in [0.4, 0.5) is 0 Å². The summed E-state index contributed by atoms with van der Waals surface area (Å²) in [5.74, 6) is -0.0794. The number of nitrogens with one attached hydrogen (secondary N) is 2. The summed E-state index contributed by atoms with van der Waals surface area (Å²) < 4.78 is 1.63. The Kier molecular flexibility index (Phi) is 3.01. The van der Waals surface area contributed by atoms with Gasteiger partial charge in [-0.1, -0.05) is 0 Å². The van der Waals surface area contributed by atoms with Crippen molar-refractivity contribution in [1.82, 2.24) is 20.4 Å². The first kappa shape index (κ1) is 10.2. The third-order valence-corrected chi connectivity index (χ3v) is 2.58. The molecule has 0 radical (unpaired) electrons. The minimum Gasteiger partial charge on any atom is -0.347 e. The minimum absolute atomic E-state index is 0.0794. The number of nitrogens with zero attached hydrogens (tertiary/aromatic N) is 2. The van der Waals surface area contributed by atoms with E-state index >= 15 is 0 Å². The van der Waals surface area contributed by atoms with Crippen LogP contribution < -0.4 is 10.6 Å². The lowest BCUT2D eigenvalue weighted by Crippen LogP contribution is -2.45. The zero-order valence-corrected chi connectivity index (χ0v) is 8.86. The molecule has 1 amide bonds. The first-order valence-electron chi connectivity index (χ1n) is 5.27. The van der Waals surface area contributed by atoms with Crippen LogP contribution >= 0.6 is 0 Å². The van der Waals surface area contributed by atoms with E-state index in [-0.39, 0.29) is 11.9 Å². The highest BCUT2D eigenvalue weighted by molar-refractivity contribution is 5.92. The Morgan fingerprint density at radius 2 is 2.60 bits per heavy atom. The van der Waals surface area contributed by atoms with E-state index in [4.69, 9.17) is 0 Å². The van der Waals surface area contributed by atoms with Crippen molar-refractivity contribution >= 4 is 5.91 Å². The highest BCUT2D eigenvalue weighted by Crippen LogP contribution is 2.02. The number of hydrogen-bond acceptors (Lipinski definition) is 3. The SMILES string of the molecule is Cn1ccc(C(=O)N[C@H]2CCCNC2)n1. The Balaban J connectivity index is 1.91. The normalized spacial score (nSPS) is 21.3. The van der Waals surface area contributed by atoms with E-state index in [1.54, 1.807) is 24.0 Å². The van der Waals surface area contributed by atoms with Crippen molar-refractivity contribution < 1.29 is 4.79 Å². The van der Waals surface area contributed by atoms with Crippen LogP contribution in [0.3, 0.4) is 0 Å². The lowest BCUT2D eigenvalue weighted by molar-refractivity contribution is 0.0925. The molecule has 0 bridgehead atoms. The average molecular weight is 208 g/mol. The van der Waals surface area contributed by atoms with Crippen LogP contribution in [0.2, 0.25) is 0 Å². The second-order valence-electron chi connectivity index (χ2n) is 3.89. The summed E-state index contributed by atoms with van der Waals surface area (Å²) in [6.45, 7) is 1.91. The van der Waals surface area contributed by atoms with Crippen LogP contribution in [-0.4, -0.2) is 34.8 Å². The number of amides is 1. The van der Waals surface area contributed by atoms with Gasteiger partial charge >= 0.3 is 0 Å². The fourth-order valence-corrected chi connectivity index (χ4v) is 1.77. The summed E-state index contributed by atoms with van der Waals surface area (Å²) >= 11 is 0. The molecule has 15 heavy (non-hydrogen) atoms. The Bertz CT molecular complexity index is 341. The van der Waals surface area contributed by atoms with E-state index in [9.17, 15) is 4.79 Å². The Morgan fingerprint density at radius 1 is 1.73 bits per heavy atom. The van der Waals surface area contributed by atoms with Crippen molar-refractivity contribution in [2.45, 2.75) is 18.9 Å². The number of carbonyl (C=O) groups is 1. The van der Waals surface area contributed by atoms with Crippen molar-refractivity contribution in [3.8, 4) is 0 Å². The van der Waals surface area contributed by atoms with Crippen LogP contribution in [0.1, 0.15) is 23.3 Å². The monoisotopic (exact) mass is 208 g/mol. The van der Waals surface area contributed by atoms with Crippen molar-refractivity contribution in [2.24, 2.45) is 7.05 Å². The van der Waals surface area contributed by atoms with Crippen LogP contribution in [-0.2, 0) is 7.05 Å². The third kappa shape index (κ3) is 2.56. The topological polar surface area (TPSA) is 59.0 Å². The molecule has 1 aromatic rings. The fraction of sp³-hybridized carbons (Fsp3) is 0.600. The molecule has 1 saturated heterocycles. The number of carbonyl (C=O) groups excluding carboxylic acids is 1. The predicted molar refractivity (Wildman–Crippen MR) is 56.6 cm³/mol. The Hall–Kier alpha value is -1.36. The number of hydrogen-bond donors (Lipinski definition) is 2. The van der Waals surface area contributed by atoms with Gasteiger partial charge in [0.15, 0.2) is 0 Å². The molecule has 2 N–H and O–H groups in total. The summed E-state index contributed by atoms with van der Waals surface area (Å²) in [7, 11) is 1.80. The molecule has 0 spiro atoms. The standard InChI is InChI=1S/C10H16N4O/c1-14-6-4-9(13-14)10(15)12-8-3-2-5-11-7-8/h4,6,8,11H,2-3,5,7H2,1H3,(H,12,15)/t8-/m0/s1. The van der Waals surface area contributed by atoms with E-state index in [2.05, 4.69) is 15.7 Å². The zero-order valence-electron chi connectivity index (χ0n) is 8.86. The van der Waals surface area contributed by atoms with Crippen molar-refractivity contribution in [2.75, 3.05) is 13.1 Å². The van der Waals surface area contributed by atoms with Crippen LogP contribution in [0.5, 0.6) is 0 Å². The molecule has 2 heterocycles. The highest BCUT2D eigenvalue weighted by Gasteiger charge is 2.17. The second-order valence-corrected chi connectivity index (χ2v) is 3.89. The quantitative estimate of drug-likeness (QED) is 0.713. The van der Waals surface area contributed by atoms with Gasteiger partial charge in [0.25, 0.3) is 5.91 Å². The molecular formula is C10H16N4O. The first-order valence-corrected chi connectivity index (χ1v) is 5.27. The molecule has 5 heteroatoms. The average Bonchev–Trinajstić information content (AvgIpc) is 2.66. The van der Waals surface area contributed by atoms with Gasteiger partial charge < -0.3 is 10.6 Å². The van der Waals surface area contributed by atoms with Crippen molar-refractivity contribution in [3.05, 3.63) is 18.0 Å². The maximum Gasteiger partial charge on any atom is 0.272 e. The van der Waals surface area contributed by atoms with Gasteiger partial charge in [0.1, 0.15) is 5.69 Å². The van der Waals surface area contributed by atoms with Gasteiger partial charge in [-0.25, -0.2) is 0 Å². The summed E-state index contributed by atoms with van der Waals surface area (Å²) in [4.78, 5) is 11.7. The molecule has 1 aliphatic heterocycles. The minimum atomic E-state index is -0.0794. The molecular weight excluding hydrogens is 192 g/mol. The van der Waals surface area contributed by atoms with Gasteiger partial charge in [-0.05, 0) is 25.5 Å². The molecule has 82 valence electrons. The van der Waals surface area contributed by atoms with Gasteiger partial charge in [-0.15, -0.1) is 0 Å². The Labute approximate surface area is 88.8 Å². The summed E-state index contributed by atoms with van der Waals surface area (Å²) in [6, 6.07) is 1.97. The van der Waals surface area contributed by atoms with Crippen LogP contribution in [0.25, 0.3) is 0 Å². The molecule has 0 saturated carbocycles. The highest BCUT2D eigenvalue weighted by atomic mass is 16.2. The largest absolute Gasteiger partial charge is 0.347 e. The molecule has 1 atom stereocenters. The maximum absolute atomic E-state index is 11.7. The second kappa shape index (κ2) is 4.44. The van der Waals surface area contributed by atoms with Crippen LogP contribution in [0.15, 0.2) is 12.3 Å². The van der Waals surface area contributed by atoms with E-state index in [0.717, 1.165) is 25.9 Å². The van der Waals surface area contributed by atoms with Crippen LogP contribution in [0, 0.1) is 0 Å². The van der Waals surface area contributed by atoms with Crippen molar-refractivity contribution in [3.63, 3.8) is 0 Å². The first-order chi connectivity index (χ1) is 7.25. The summed E-state index contributed by atoms with van der Waals surface area (Å²) in [5, 5.41) is 10.3. The van der Waals surface area contributed by atoms with Gasteiger partial charge in [0, 0.05) is 25.8 Å². The van der Waals surface area contributed by atoms with Gasteiger partial charge in [-0.2, -0.15) is 5.10 Å². The zero-order chi connectivity index (χ0) is 10.7. The van der Waals surface area contributed by atoms with Gasteiger partial charge in [0.05, 0.1) is 0 Å². The molecule has 1 aromatic heterocycles. The lowest BCUT2D eigenvalue weighted by Gasteiger charge is -2.23. The Morgan fingerprint density at radius 3 is 3.20 bits per heavy atom. The molecule has 2 rings (SSSR count). The van der Waals surface area contributed by atoms with E-state index in [0.29, 0.717) is 5.69 Å². The summed E-state index contributed by atoms with van der Waals surface area (Å²) in [5.41, 5.74) is 0.489. The number of piperidine rings is 1. The smallest absolute Gasteiger partial charge is 0.272 e. The number of aryl methyl sites for hydroxylation is 1. The molecule has 0 aliphatic carbocycles. The van der Waals surface area contributed by atoms with Crippen molar-refractivity contribution in [1.29, 1.82) is 0 Å². The lowest BCUT2D eigenvalue weighted by atomic mass is 10.1. The van der Waals surface area contributed by atoms with E-state index in [1.165, 1.54) is 0 Å². The van der Waals surface area contributed by atoms with E-state index in [1.807, 2.05) is 0 Å². The maximum atomic E-state index is 11.7. The molecule has 5 nitrogen and oxygen atoms in total. The molecule has 1 aliphatic rings. The predicted octanol–water partition coefficient (Wildman–Crippen LogP) is -0.0981. The molecule has 1 fully saturated rings. The van der Waals surface area contributed by atoms with Gasteiger partial charge in [0.2, 0.25) is 0 Å².